The lowest BCUT2D eigenvalue weighted by Crippen LogP contribution is -2.43. The van der Waals surface area contributed by atoms with E-state index >= 15 is 0 Å². The highest BCUT2D eigenvalue weighted by Crippen LogP contribution is 2.39. The lowest BCUT2D eigenvalue weighted by Gasteiger charge is -2.35. The van der Waals surface area contributed by atoms with Crippen LogP contribution in [0.2, 0.25) is 0 Å². The van der Waals surface area contributed by atoms with E-state index < -0.39 is 12.0 Å². The molecule has 39 heavy (non-hydrogen) atoms. The average Bonchev–Trinajstić information content (AvgIpc) is 3.52. The molecule has 2 aromatic heterocycles. The highest BCUT2D eigenvalue weighted by Gasteiger charge is 2.41. The molecule has 6 nitrogen and oxygen atoms in total. The van der Waals surface area contributed by atoms with Gasteiger partial charge >= 0.3 is 5.97 Å². The first-order chi connectivity index (χ1) is 19.0. The summed E-state index contributed by atoms with van der Waals surface area (Å²) in [6.45, 7) is 6.58. The lowest BCUT2D eigenvalue weighted by molar-refractivity contribution is -0.144. The Hall–Kier alpha value is -2.77. The number of pyridine rings is 1. The molecule has 1 aliphatic carbocycles. The number of halogens is 1. The van der Waals surface area contributed by atoms with Gasteiger partial charge in [-0.25, -0.2) is 9.37 Å². The van der Waals surface area contributed by atoms with E-state index in [1.807, 2.05) is 6.07 Å². The van der Waals surface area contributed by atoms with Crippen LogP contribution in [-0.2, 0) is 11.2 Å². The van der Waals surface area contributed by atoms with Crippen molar-refractivity contribution in [2.75, 3.05) is 32.7 Å². The second-order valence-corrected chi connectivity index (χ2v) is 12.1. The first-order valence-electron chi connectivity index (χ1n) is 14.9. The summed E-state index contributed by atoms with van der Waals surface area (Å²) in [7, 11) is 0. The van der Waals surface area contributed by atoms with Crippen molar-refractivity contribution in [1.29, 1.82) is 0 Å². The van der Waals surface area contributed by atoms with Crippen LogP contribution in [0.1, 0.15) is 74.1 Å². The average molecular weight is 533 g/mol. The molecule has 0 unspecified atom stereocenters. The van der Waals surface area contributed by atoms with Crippen molar-refractivity contribution in [3.8, 4) is 0 Å². The van der Waals surface area contributed by atoms with Gasteiger partial charge in [0, 0.05) is 49.6 Å². The second kappa shape index (κ2) is 11.4. The third-order valence-corrected chi connectivity index (χ3v) is 9.77. The molecule has 4 heterocycles. The fraction of sp³-hybridized carbons (Fsp3) is 0.562. The molecule has 3 fully saturated rings. The fourth-order valence-corrected chi connectivity index (χ4v) is 7.22. The lowest BCUT2D eigenvalue weighted by atomic mass is 9.80. The van der Waals surface area contributed by atoms with Gasteiger partial charge in [-0.05, 0) is 86.0 Å². The molecule has 3 aliphatic rings. The molecule has 0 radical (unpaired) electrons. The first-order valence-corrected chi connectivity index (χ1v) is 14.9. The molecule has 7 heteroatoms. The molecular formula is C32H41FN4O2. The standard InChI is InChI=1S/C32H41FN4O2/c1-2-22-9-14-37-30(18-34-31(37)16-22)24-10-12-35(13-11-24)19-26-20-36(29(32(38)39)15-23-5-3-6-23)21-28(26)25-7-4-8-27(33)17-25/h4,7-9,14,16-18,23-24,26,28-29H,2-3,5-6,10-13,15,19-21H2,1H3,(H,38,39)/t26-,28+,29+/m0/s1. The summed E-state index contributed by atoms with van der Waals surface area (Å²) in [4.78, 5) is 21.7. The number of rotatable bonds is 9. The number of carboxylic acids is 1. The Morgan fingerprint density at radius 3 is 2.64 bits per heavy atom. The van der Waals surface area contributed by atoms with Crippen LogP contribution in [0.4, 0.5) is 4.39 Å². The van der Waals surface area contributed by atoms with Crippen LogP contribution in [0, 0.1) is 17.7 Å². The number of carbonyl (C=O) groups is 1. The largest absolute Gasteiger partial charge is 0.480 e. The van der Waals surface area contributed by atoms with Gasteiger partial charge in [0.25, 0.3) is 0 Å². The number of aryl methyl sites for hydroxylation is 1. The number of piperidine rings is 1. The van der Waals surface area contributed by atoms with E-state index in [9.17, 15) is 14.3 Å². The molecule has 2 aliphatic heterocycles. The highest BCUT2D eigenvalue weighted by atomic mass is 19.1. The Morgan fingerprint density at radius 1 is 1.13 bits per heavy atom. The summed E-state index contributed by atoms with van der Waals surface area (Å²) < 4.78 is 16.5. The van der Waals surface area contributed by atoms with Gasteiger partial charge in [0.15, 0.2) is 0 Å². The van der Waals surface area contributed by atoms with Crippen LogP contribution < -0.4 is 0 Å². The van der Waals surface area contributed by atoms with Crippen molar-refractivity contribution in [1.82, 2.24) is 19.2 Å². The number of likely N-dealkylation sites (tertiary alicyclic amines) is 2. The smallest absolute Gasteiger partial charge is 0.320 e. The van der Waals surface area contributed by atoms with E-state index in [0.717, 1.165) is 75.9 Å². The summed E-state index contributed by atoms with van der Waals surface area (Å²) in [6, 6.07) is 10.9. The van der Waals surface area contributed by atoms with Crippen molar-refractivity contribution in [3.05, 3.63) is 71.4 Å². The van der Waals surface area contributed by atoms with Crippen molar-refractivity contribution in [2.24, 2.45) is 11.8 Å². The normalized spacial score (nSPS) is 24.3. The quantitative estimate of drug-likeness (QED) is 0.390. The van der Waals surface area contributed by atoms with E-state index in [2.05, 4.69) is 45.7 Å². The molecule has 208 valence electrons. The van der Waals surface area contributed by atoms with Crippen LogP contribution >= 0.6 is 0 Å². The van der Waals surface area contributed by atoms with Gasteiger partial charge < -0.3 is 14.4 Å². The molecule has 1 N–H and O–H groups in total. The number of hydrogen-bond acceptors (Lipinski definition) is 4. The number of benzene rings is 1. The highest BCUT2D eigenvalue weighted by molar-refractivity contribution is 5.73. The van der Waals surface area contributed by atoms with Crippen LogP contribution in [0.15, 0.2) is 48.8 Å². The SMILES string of the molecule is CCc1ccn2c(C3CCN(C[C@H]4CN([C@H](CC5CCC5)C(=O)O)C[C@@H]4c4cccc(F)c4)CC3)cnc2c1. The number of nitrogens with zero attached hydrogens (tertiary/aromatic N) is 4. The number of hydrogen-bond donors (Lipinski definition) is 1. The van der Waals surface area contributed by atoms with E-state index in [1.165, 1.54) is 23.7 Å². The Bertz CT molecular complexity index is 1300. The van der Waals surface area contributed by atoms with E-state index in [1.54, 1.807) is 12.1 Å². The molecule has 1 saturated carbocycles. The predicted molar refractivity (Wildman–Crippen MR) is 151 cm³/mol. The van der Waals surface area contributed by atoms with Gasteiger partial charge in [0.05, 0.1) is 0 Å². The number of fused-ring (bicyclic) bond motifs is 1. The Kier molecular flexibility index (Phi) is 7.72. The Morgan fingerprint density at radius 2 is 1.95 bits per heavy atom. The Balaban J connectivity index is 1.14. The molecule has 0 bridgehead atoms. The van der Waals surface area contributed by atoms with Crippen molar-refractivity contribution in [2.45, 2.75) is 69.7 Å². The van der Waals surface area contributed by atoms with Gasteiger partial charge in [-0.2, -0.15) is 0 Å². The first kappa shape index (κ1) is 26.5. The van der Waals surface area contributed by atoms with Crippen LogP contribution in [-0.4, -0.2) is 69.0 Å². The molecule has 0 amide bonds. The van der Waals surface area contributed by atoms with E-state index in [4.69, 9.17) is 4.98 Å². The van der Waals surface area contributed by atoms with Gasteiger partial charge in [-0.15, -0.1) is 0 Å². The van der Waals surface area contributed by atoms with Crippen LogP contribution in [0.25, 0.3) is 5.65 Å². The van der Waals surface area contributed by atoms with Crippen molar-refractivity contribution < 1.29 is 14.3 Å². The summed E-state index contributed by atoms with van der Waals surface area (Å²) in [5.74, 6) is 0.532. The number of imidazole rings is 1. The maximum absolute atomic E-state index is 14.2. The third-order valence-electron chi connectivity index (χ3n) is 9.77. The second-order valence-electron chi connectivity index (χ2n) is 12.1. The molecule has 3 atom stereocenters. The number of aromatic nitrogens is 2. The zero-order valence-electron chi connectivity index (χ0n) is 23.0. The van der Waals surface area contributed by atoms with E-state index in [0.29, 0.717) is 18.4 Å². The van der Waals surface area contributed by atoms with Crippen LogP contribution in [0.3, 0.4) is 0 Å². The van der Waals surface area contributed by atoms with Crippen molar-refractivity contribution >= 4 is 11.6 Å². The molecule has 3 aromatic rings. The van der Waals surface area contributed by atoms with E-state index in [-0.39, 0.29) is 17.7 Å². The minimum absolute atomic E-state index is 0.146. The van der Waals surface area contributed by atoms with Crippen molar-refractivity contribution in [3.63, 3.8) is 0 Å². The predicted octanol–water partition coefficient (Wildman–Crippen LogP) is 5.57. The van der Waals surface area contributed by atoms with Gasteiger partial charge in [0.2, 0.25) is 0 Å². The monoisotopic (exact) mass is 532 g/mol. The van der Waals surface area contributed by atoms with Crippen LogP contribution in [0.5, 0.6) is 0 Å². The minimum atomic E-state index is -0.708. The summed E-state index contributed by atoms with van der Waals surface area (Å²) in [6.07, 6.45) is 11.7. The van der Waals surface area contributed by atoms with Gasteiger partial charge in [0.1, 0.15) is 17.5 Å². The summed E-state index contributed by atoms with van der Waals surface area (Å²) >= 11 is 0. The maximum Gasteiger partial charge on any atom is 0.320 e. The Labute approximate surface area is 230 Å². The molecule has 2 saturated heterocycles. The fourth-order valence-electron chi connectivity index (χ4n) is 7.22. The molecule has 6 rings (SSSR count). The minimum Gasteiger partial charge on any atom is -0.480 e. The maximum atomic E-state index is 14.2. The number of carboxylic acid groups (broad SMARTS) is 1. The molecular weight excluding hydrogens is 491 g/mol. The zero-order chi connectivity index (χ0) is 26.9. The number of aliphatic carboxylic acids is 1. The van der Waals surface area contributed by atoms with Gasteiger partial charge in [-0.3, -0.25) is 9.69 Å². The molecule has 0 spiro atoms. The summed E-state index contributed by atoms with van der Waals surface area (Å²) in [5.41, 5.74) is 4.65. The third kappa shape index (κ3) is 5.62. The zero-order valence-corrected chi connectivity index (χ0v) is 23.0. The topological polar surface area (TPSA) is 61.1 Å². The molecule has 1 aromatic carbocycles. The van der Waals surface area contributed by atoms with Gasteiger partial charge in [-0.1, -0.05) is 38.3 Å². The summed E-state index contributed by atoms with van der Waals surface area (Å²) in [5, 5.41) is 10.1.